The Labute approximate surface area is 202 Å². The minimum Gasteiger partial charge on any atom is -0.478 e. The molecule has 0 radical (unpaired) electrons. The molecule has 0 fully saturated rings. The fourth-order valence-electron chi connectivity index (χ4n) is 3.63. The molecule has 0 aromatic heterocycles. The van der Waals surface area contributed by atoms with E-state index in [4.69, 9.17) is 27.9 Å². The van der Waals surface area contributed by atoms with Crippen molar-refractivity contribution in [2.24, 2.45) is 0 Å². The lowest BCUT2D eigenvalue weighted by Gasteiger charge is -2.29. The molecule has 0 saturated carbocycles. The average Bonchev–Trinajstić information content (AvgIpc) is 2.75. The second kappa shape index (κ2) is 10.5. The molecule has 3 aromatic rings. The Kier molecular flexibility index (Phi) is 7.98. The summed E-state index contributed by atoms with van der Waals surface area (Å²) in [6.07, 6.45) is 0. The Morgan fingerprint density at radius 3 is 1.97 bits per heavy atom. The molecule has 33 heavy (non-hydrogen) atoms. The van der Waals surface area contributed by atoms with Crippen molar-refractivity contribution in [3.8, 4) is 5.75 Å². The van der Waals surface area contributed by atoms with E-state index in [1.54, 1.807) is 50.2 Å². The zero-order valence-corrected chi connectivity index (χ0v) is 20.1. The topological polar surface area (TPSA) is 38.3 Å². The summed E-state index contributed by atoms with van der Waals surface area (Å²) in [4.78, 5) is 13.0. The molecule has 3 nitrogen and oxygen atoms in total. The van der Waals surface area contributed by atoms with Crippen LogP contribution in [0.1, 0.15) is 43.7 Å². The number of nitrogens with one attached hydrogen (secondary N) is 1. The number of carbonyl (C=O) groups excluding carboxylic acids is 1. The Morgan fingerprint density at radius 2 is 1.42 bits per heavy atom. The fraction of sp³-hybridized carbons (Fsp3) is 0.269. The van der Waals surface area contributed by atoms with Gasteiger partial charge in [0.15, 0.2) is 5.60 Å². The standard InChI is InChI=1S/C26H25Cl2F2NO2/c1-16(17-4-6-19(27)7-5-17)24(18-12-21(29)14-22(30)13-18)15-31-25(32)26(2,3)33-23-10-8-20(28)9-11-23/h4-14,16,24H,15H2,1-3H3,(H,31,32). The van der Waals surface area contributed by atoms with Gasteiger partial charge in [-0.15, -0.1) is 0 Å². The van der Waals surface area contributed by atoms with Gasteiger partial charge in [-0.3, -0.25) is 4.79 Å². The van der Waals surface area contributed by atoms with Crippen LogP contribution >= 0.6 is 23.2 Å². The summed E-state index contributed by atoms with van der Waals surface area (Å²) in [5.41, 5.74) is 0.196. The van der Waals surface area contributed by atoms with Gasteiger partial charge in [-0.25, -0.2) is 8.78 Å². The summed E-state index contributed by atoms with van der Waals surface area (Å²) < 4.78 is 33.8. The van der Waals surface area contributed by atoms with E-state index in [2.05, 4.69) is 5.32 Å². The largest absolute Gasteiger partial charge is 0.478 e. The van der Waals surface area contributed by atoms with Gasteiger partial charge in [-0.05, 0) is 79.4 Å². The molecule has 0 heterocycles. The maximum atomic E-state index is 14.0. The highest BCUT2D eigenvalue weighted by Crippen LogP contribution is 2.34. The van der Waals surface area contributed by atoms with Crippen LogP contribution in [0.4, 0.5) is 8.78 Å². The van der Waals surface area contributed by atoms with Gasteiger partial charge in [0.1, 0.15) is 17.4 Å². The summed E-state index contributed by atoms with van der Waals surface area (Å²) in [6.45, 7) is 5.39. The van der Waals surface area contributed by atoms with Gasteiger partial charge in [-0.2, -0.15) is 0 Å². The summed E-state index contributed by atoms with van der Waals surface area (Å²) in [5, 5.41) is 4.05. The highest BCUT2D eigenvalue weighted by atomic mass is 35.5. The molecular formula is C26H25Cl2F2NO2. The van der Waals surface area contributed by atoms with Crippen LogP contribution in [-0.4, -0.2) is 18.1 Å². The lowest BCUT2D eigenvalue weighted by atomic mass is 9.82. The predicted molar refractivity (Wildman–Crippen MR) is 128 cm³/mol. The summed E-state index contributed by atoms with van der Waals surface area (Å²) in [6, 6.07) is 17.4. The van der Waals surface area contributed by atoms with Crippen LogP contribution in [0, 0.1) is 11.6 Å². The molecule has 1 amide bonds. The minimum atomic E-state index is -1.19. The Bertz CT molecular complexity index is 1080. The van der Waals surface area contributed by atoms with Crippen LogP contribution < -0.4 is 10.1 Å². The van der Waals surface area contributed by atoms with E-state index in [0.717, 1.165) is 11.6 Å². The molecule has 7 heteroatoms. The van der Waals surface area contributed by atoms with Gasteiger partial charge < -0.3 is 10.1 Å². The highest BCUT2D eigenvalue weighted by molar-refractivity contribution is 6.30. The Balaban J connectivity index is 1.81. The first-order chi connectivity index (χ1) is 15.5. The molecular weight excluding hydrogens is 467 g/mol. The van der Waals surface area contributed by atoms with Crippen LogP contribution in [0.15, 0.2) is 66.7 Å². The van der Waals surface area contributed by atoms with Crippen molar-refractivity contribution < 1.29 is 18.3 Å². The molecule has 0 aliphatic carbocycles. The molecule has 2 unspecified atom stereocenters. The smallest absolute Gasteiger partial charge is 0.263 e. The Morgan fingerprint density at radius 1 is 0.909 bits per heavy atom. The van der Waals surface area contributed by atoms with Gasteiger partial charge in [-0.1, -0.05) is 42.3 Å². The number of hydrogen-bond acceptors (Lipinski definition) is 2. The van der Waals surface area contributed by atoms with E-state index in [0.29, 0.717) is 21.4 Å². The van der Waals surface area contributed by atoms with E-state index in [1.165, 1.54) is 12.1 Å². The normalized spacial score (nSPS) is 13.3. The molecule has 174 valence electrons. The predicted octanol–water partition coefficient (Wildman–Crippen LogP) is 7.13. The van der Waals surface area contributed by atoms with Crippen molar-refractivity contribution in [1.82, 2.24) is 5.32 Å². The number of halogens is 4. The first kappa shape index (κ1) is 25.0. The molecule has 0 aliphatic rings. The van der Waals surface area contributed by atoms with Crippen LogP contribution in [0.2, 0.25) is 10.0 Å². The van der Waals surface area contributed by atoms with Gasteiger partial charge in [0, 0.05) is 28.6 Å². The van der Waals surface area contributed by atoms with E-state index in [1.807, 2.05) is 19.1 Å². The fourth-order valence-corrected chi connectivity index (χ4v) is 3.88. The van der Waals surface area contributed by atoms with Crippen molar-refractivity contribution >= 4 is 29.1 Å². The van der Waals surface area contributed by atoms with Crippen LogP contribution in [0.5, 0.6) is 5.75 Å². The number of benzene rings is 3. The lowest BCUT2D eigenvalue weighted by molar-refractivity contribution is -0.134. The van der Waals surface area contributed by atoms with Gasteiger partial charge in [0.25, 0.3) is 5.91 Å². The quantitative estimate of drug-likeness (QED) is 0.363. The van der Waals surface area contributed by atoms with Crippen LogP contribution in [0.3, 0.4) is 0 Å². The number of rotatable bonds is 8. The van der Waals surface area contributed by atoms with Gasteiger partial charge in [0.05, 0.1) is 0 Å². The maximum Gasteiger partial charge on any atom is 0.263 e. The minimum absolute atomic E-state index is 0.152. The van der Waals surface area contributed by atoms with Gasteiger partial charge >= 0.3 is 0 Å². The van der Waals surface area contributed by atoms with E-state index < -0.39 is 23.2 Å². The zero-order valence-electron chi connectivity index (χ0n) is 18.5. The lowest BCUT2D eigenvalue weighted by Crippen LogP contribution is -2.47. The third-order valence-corrected chi connectivity index (χ3v) is 6.03. The average molecular weight is 492 g/mol. The highest BCUT2D eigenvalue weighted by Gasteiger charge is 2.31. The van der Waals surface area contributed by atoms with Gasteiger partial charge in [0.2, 0.25) is 0 Å². The van der Waals surface area contributed by atoms with E-state index >= 15 is 0 Å². The first-order valence-corrected chi connectivity index (χ1v) is 11.2. The number of amides is 1. The molecule has 0 saturated heterocycles. The van der Waals surface area contributed by atoms with Crippen molar-refractivity contribution in [3.63, 3.8) is 0 Å². The number of carbonyl (C=O) groups is 1. The molecule has 1 N–H and O–H groups in total. The van der Waals surface area contributed by atoms with Crippen LogP contribution in [-0.2, 0) is 4.79 Å². The SMILES string of the molecule is CC(c1ccc(Cl)cc1)C(CNC(=O)C(C)(C)Oc1ccc(Cl)cc1)c1cc(F)cc(F)c1. The van der Waals surface area contributed by atoms with Crippen molar-refractivity contribution in [1.29, 1.82) is 0 Å². The number of hydrogen-bond donors (Lipinski definition) is 1. The maximum absolute atomic E-state index is 14.0. The first-order valence-electron chi connectivity index (χ1n) is 10.5. The third-order valence-electron chi connectivity index (χ3n) is 5.53. The number of ether oxygens (including phenoxy) is 1. The second-order valence-corrected chi connectivity index (χ2v) is 9.30. The van der Waals surface area contributed by atoms with Crippen molar-refractivity contribution in [3.05, 3.63) is 99.5 Å². The molecule has 0 bridgehead atoms. The zero-order chi connectivity index (χ0) is 24.2. The molecule has 0 spiro atoms. The summed E-state index contributed by atoms with van der Waals surface area (Å²) in [7, 11) is 0. The van der Waals surface area contributed by atoms with E-state index in [9.17, 15) is 13.6 Å². The monoisotopic (exact) mass is 491 g/mol. The molecule has 2 atom stereocenters. The third kappa shape index (κ3) is 6.68. The molecule has 3 rings (SSSR count). The molecule has 0 aliphatic heterocycles. The van der Waals surface area contributed by atoms with E-state index in [-0.39, 0.29) is 18.4 Å². The van der Waals surface area contributed by atoms with Crippen LogP contribution in [0.25, 0.3) is 0 Å². The van der Waals surface area contributed by atoms with Crippen molar-refractivity contribution in [2.45, 2.75) is 38.2 Å². The second-order valence-electron chi connectivity index (χ2n) is 8.43. The Hall–Kier alpha value is -2.63. The van der Waals surface area contributed by atoms with Crippen molar-refractivity contribution in [2.75, 3.05) is 6.54 Å². The molecule has 3 aromatic carbocycles. The summed E-state index contributed by atoms with van der Waals surface area (Å²) in [5.74, 6) is -1.76. The summed E-state index contributed by atoms with van der Waals surface area (Å²) >= 11 is 11.9.